The summed E-state index contributed by atoms with van der Waals surface area (Å²) in [6.07, 6.45) is 4.75. The van der Waals surface area contributed by atoms with Crippen LogP contribution in [0.4, 0.5) is 0 Å². The fraction of sp³-hybridized carbons (Fsp3) is 0.292. The molecule has 2 heterocycles. The number of hydrogen-bond donors (Lipinski definition) is 0. The Morgan fingerprint density at radius 3 is 2.50 bits per heavy atom. The molecule has 0 atom stereocenters. The lowest BCUT2D eigenvalue weighted by molar-refractivity contribution is 0.238. The van der Waals surface area contributed by atoms with Gasteiger partial charge in [0.1, 0.15) is 12.4 Å². The van der Waals surface area contributed by atoms with E-state index >= 15 is 0 Å². The Labute approximate surface area is 166 Å². The average molecular weight is 374 g/mol. The maximum atomic E-state index is 5.93. The van der Waals surface area contributed by atoms with Crippen molar-refractivity contribution < 1.29 is 9.26 Å². The van der Waals surface area contributed by atoms with Gasteiger partial charge in [0, 0.05) is 18.2 Å². The van der Waals surface area contributed by atoms with Crippen LogP contribution in [0, 0.1) is 6.92 Å². The Kier molecular flexibility index (Phi) is 5.88. The highest BCUT2D eigenvalue weighted by Gasteiger charge is 2.12. The molecule has 28 heavy (non-hydrogen) atoms. The van der Waals surface area contributed by atoms with Gasteiger partial charge in [-0.25, -0.2) is 0 Å². The number of aryl methyl sites for hydroxylation is 1. The molecular formula is C24H26N2O2. The zero-order chi connectivity index (χ0) is 19.2. The predicted octanol–water partition coefficient (Wildman–Crippen LogP) is 5.05. The second kappa shape index (κ2) is 8.89. The highest BCUT2D eigenvalue weighted by atomic mass is 16.5. The minimum atomic E-state index is 0.730. The summed E-state index contributed by atoms with van der Waals surface area (Å²) in [5.74, 6) is 1.67. The van der Waals surface area contributed by atoms with Gasteiger partial charge in [0.05, 0.1) is 5.69 Å². The number of benzene rings is 2. The number of rotatable bonds is 7. The molecule has 1 aliphatic rings. The van der Waals surface area contributed by atoms with Gasteiger partial charge in [-0.05, 0) is 62.2 Å². The summed E-state index contributed by atoms with van der Waals surface area (Å²) < 4.78 is 11.5. The van der Waals surface area contributed by atoms with Crippen molar-refractivity contribution in [2.45, 2.75) is 19.8 Å². The second-order valence-corrected chi connectivity index (χ2v) is 7.22. The lowest BCUT2D eigenvalue weighted by atomic mass is 10.00. The smallest absolute Gasteiger partial charge is 0.167 e. The predicted molar refractivity (Wildman–Crippen MR) is 112 cm³/mol. The summed E-state index contributed by atoms with van der Waals surface area (Å²) >= 11 is 0. The van der Waals surface area contributed by atoms with Crippen molar-refractivity contribution in [2.24, 2.45) is 0 Å². The number of hydrogen-bond acceptors (Lipinski definition) is 4. The van der Waals surface area contributed by atoms with Gasteiger partial charge in [-0.15, -0.1) is 0 Å². The summed E-state index contributed by atoms with van der Waals surface area (Å²) in [5.41, 5.74) is 4.08. The lowest BCUT2D eigenvalue weighted by Crippen LogP contribution is -2.25. The van der Waals surface area contributed by atoms with Gasteiger partial charge < -0.3 is 9.26 Å². The quantitative estimate of drug-likeness (QED) is 0.543. The number of nitrogens with zero attached hydrogens (tertiary/aromatic N) is 2. The summed E-state index contributed by atoms with van der Waals surface area (Å²) in [6.45, 7) is 6.06. The molecule has 0 radical (unpaired) electrons. The molecule has 0 saturated carbocycles. The van der Waals surface area contributed by atoms with Crippen molar-refractivity contribution in [1.29, 1.82) is 0 Å². The third-order valence-corrected chi connectivity index (χ3v) is 5.04. The van der Waals surface area contributed by atoms with Crippen LogP contribution < -0.4 is 4.74 Å². The first kappa shape index (κ1) is 18.5. The van der Waals surface area contributed by atoms with Crippen LogP contribution in [0.1, 0.15) is 35.4 Å². The Hall–Kier alpha value is -2.85. The first-order valence-corrected chi connectivity index (χ1v) is 9.94. The second-order valence-electron chi connectivity index (χ2n) is 7.22. The van der Waals surface area contributed by atoms with E-state index in [1.807, 2.05) is 43.3 Å². The topological polar surface area (TPSA) is 38.5 Å². The van der Waals surface area contributed by atoms with Crippen LogP contribution in [0.3, 0.4) is 0 Å². The van der Waals surface area contributed by atoms with E-state index in [-0.39, 0.29) is 0 Å². The molecule has 4 heteroatoms. The summed E-state index contributed by atoms with van der Waals surface area (Å²) in [7, 11) is 0. The van der Waals surface area contributed by atoms with Crippen molar-refractivity contribution in [3.8, 4) is 5.75 Å². The largest absolute Gasteiger partial charge is 0.492 e. The maximum absolute atomic E-state index is 5.93. The molecule has 1 aliphatic heterocycles. The average Bonchev–Trinajstić information content (AvgIpc) is 3.39. The minimum absolute atomic E-state index is 0.730. The van der Waals surface area contributed by atoms with Crippen LogP contribution in [-0.2, 0) is 0 Å². The zero-order valence-corrected chi connectivity index (χ0v) is 16.3. The van der Waals surface area contributed by atoms with Gasteiger partial charge in [0.2, 0.25) is 0 Å². The van der Waals surface area contributed by atoms with Crippen LogP contribution >= 0.6 is 0 Å². The molecule has 1 fully saturated rings. The van der Waals surface area contributed by atoms with Gasteiger partial charge in [-0.3, -0.25) is 4.90 Å². The normalized spacial score (nSPS) is 15.1. The molecule has 3 aromatic rings. The molecule has 0 unspecified atom stereocenters. The first-order chi connectivity index (χ1) is 13.8. The maximum Gasteiger partial charge on any atom is 0.167 e. The molecule has 0 amide bonds. The molecule has 0 spiro atoms. The number of likely N-dealkylation sites (tertiary alicyclic amines) is 1. The Morgan fingerprint density at radius 2 is 1.82 bits per heavy atom. The Bertz CT molecular complexity index is 907. The molecule has 0 bridgehead atoms. The van der Waals surface area contributed by atoms with E-state index in [1.54, 1.807) is 0 Å². The van der Waals surface area contributed by atoms with Gasteiger partial charge in [-0.1, -0.05) is 47.6 Å². The van der Waals surface area contributed by atoms with Gasteiger partial charge in [0.25, 0.3) is 0 Å². The van der Waals surface area contributed by atoms with E-state index in [0.29, 0.717) is 0 Å². The Morgan fingerprint density at radius 1 is 1.07 bits per heavy atom. The SMILES string of the molecule is Cc1cc(/C(=C\c2ccccc2)c2ccc(OCCN3CCCC3)cc2)on1. The number of ether oxygens (including phenoxy) is 1. The molecule has 144 valence electrons. The highest BCUT2D eigenvalue weighted by Crippen LogP contribution is 2.28. The van der Waals surface area contributed by atoms with Crippen LogP contribution in [-0.4, -0.2) is 36.3 Å². The molecule has 1 saturated heterocycles. The van der Waals surface area contributed by atoms with Crippen LogP contribution in [0.2, 0.25) is 0 Å². The zero-order valence-electron chi connectivity index (χ0n) is 16.3. The van der Waals surface area contributed by atoms with E-state index in [0.717, 1.165) is 47.1 Å². The monoisotopic (exact) mass is 374 g/mol. The fourth-order valence-electron chi connectivity index (χ4n) is 3.53. The van der Waals surface area contributed by atoms with Gasteiger partial charge >= 0.3 is 0 Å². The van der Waals surface area contributed by atoms with Crippen LogP contribution in [0.25, 0.3) is 11.6 Å². The minimum Gasteiger partial charge on any atom is -0.492 e. The van der Waals surface area contributed by atoms with Gasteiger partial charge in [0.15, 0.2) is 5.76 Å². The first-order valence-electron chi connectivity index (χ1n) is 9.94. The summed E-state index contributed by atoms with van der Waals surface area (Å²) in [4.78, 5) is 2.46. The van der Waals surface area contributed by atoms with Crippen molar-refractivity contribution >= 4 is 11.6 Å². The van der Waals surface area contributed by atoms with E-state index in [2.05, 4.69) is 40.4 Å². The van der Waals surface area contributed by atoms with E-state index < -0.39 is 0 Å². The molecule has 0 aliphatic carbocycles. The van der Waals surface area contributed by atoms with E-state index in [9.17, 15) is 0 Å². The molecule has 1 aromatic heterocycles. The molecule has 4 nitrogen and oxygen atoms in total. The summed E-state index contributed by atoms with van der Waals surface area (Å²) in [6, 6.07) is 20.4. The molecule has 0 N–H and O–H groups in total. The van der Waals surface area contributed by atoms with Crippen molar-refractivity contribution in [1.82, 2.24) is 10.1 Å². The van der Waals surface area contributed by atoms with Crippen molar-refractivity contribution in [3.63, 3.8) is 0 Å². The van der Waals surface area contributed by atoms with Crippen LogP contribution in [0.15, 0.2) is 65.2 Å². The van der Waals surface area contributed by atoms with Gasteiger partial charge in [-0.2, -0.15) is 0 Å². The highest BCUT2D eigenvalue weighted by molar-refractivity contribution is 5.89. The lowest BCUT2D eigenvalue weighted by Gasteiger charge is -2.15. The summed E-state index contributed by atoms with van der Waals surface area (Å²) in [5, 5.41) is 4.06. The standard InChI is InChI=1S/C24H26N2O2/c1-19-17-24(28-25-19)23(18-20-7-3-2-4-8-20)21-9-11-22(12-10-21)27-16-15-26-13-5-6-14-26/h2-4,7-12,17-18H,5-6,13-16H2,1H3/b23-18-. The van der Waals surface area contributed by atoms with E-state index in [1.165, 1.54) is 25.9 Å². The molecule has 4 rings (SSSR count). The third kappa shape index (κ3) is 4.70. The number of aromatic nitrogens is 1. The Balaban J connectivity index is 1.50. The molecular weight excluding hydrogens is 348 g/mol. The van der Waals surface area contributed by atoms with Crippen molar-refractivity contribution in [2.75, 3.05) is 26.2 Å². The fourth-order valence-corrected chi connectivity index (χ4v) is 3.53. The molecule has 2 aromatic carbocycles. The van der Waals surface area contributed by atoms with Crippen LogP contribution in [0.5, 0.6) is 5.75 Å². The van der Waals surface area contributed by atoms with E-state index in [4.69, 9.17) is 9.26 Å². The third-order valence-electron chi connectivity index (χ3n) is 5.04. The van der Waals surface area contributed by atoms with Crippen molar-refractivity contribution in [3.05, 3.63) is 83.2 Å².